The van der Waals surface area contributed by atoms with Crippen molar-refractivity contribution in [2.24, 2.45) is 39.4 Å². The Balaban J connectivity index is 1.44. The highest BCUT2D eigenvalue weighted by Gasteiger charge is 2.63. The molecule has 5 aliphatic rings. The van der Waals surface area contributed by atoms with E-state index in [0.29, 0.717) is 23.5 Å². The third kappa shape index (κ3) is 3.10. The number of hydrogen-bond acceptors (Lipinski definition) is 3. The van der Waals surface area contributed by atoms with Gasteiger partial charge in [-0.1, -0.05) is 53.7 Å². The zero-order chi connectivity index (χ0) is 24.2. The SMILES string of the molecule is C[C@H](C[C@@H](O)[C@@H]1OC1(C)C)[C@H]1CC[C@]2(C)C3=CCC4C(C)(C)C(=O)CC[C@]4(C)C3=CC[C@@]12C. The molecule has 0 spiro atoms. The lowest BCUT2D eigenvalue weighted by Crippen LogP contribution is -2.53. The third-order valence-electron chi connectivity index (χ3n) is 11.8. The average Bonchev–Trinajstić information content (AvgIpc) is 3.26. The molecule has 3 heteroatoms. The minimum Gasteiger partial charge on any atom is -0.390 e. The number of hydrogen-bond donors (Lipinski definition) is 1. The average molecular weight is 455 g/mol. The smallest absolute Gasteiger partial charge is 0.138 e. The number of aliphatic hydroxyl groups is 1. The summed E-state index contributed by atoms with van der Waals surface area (Å²) < 4.78 is 5.75. The van der Waals surface area contributed by atoms with Gasteiger partial charge in [-0.05, 0) is 97.5 Å². The summed E-state index contributed by atoms with van der Waals surface area (Å²) in [5, 5.41) is 10.8. The molecule has 5 rings (SSSR count). The Morgan fingerprint density at radius 1 is 1.06 bits per heavy atom. The predicted octanol–water partition coefficient (Wildman–Crippen LogP) is 6.65. The Bertz CT molecular complexity index is 925. The number of allylic oxidation sites excluding steroid dienone is 4. The van der Waals surface area contributed by atoms with Gasteiger partial charge < -0.3 is 9.84 Å². The van der Waals surface area contributed by atoms with Crippen molar-refractivity contribution in [3.8, 4) is 0 Å². The molecule has 0 aromatic carbocycles. The molecule has 2 saturated carbocycles. The summed E-state index contributed by atoms with van der Waals surface area (Å²) in [6.07, 6.45) is 11.9. The largest absolute Gasteiger partial charge is 0.390 e. The van der Waals surface area contributed by atoms with Crippen molar-refractivity contribution in [3.63, 3.8) is 0 Å². The van der Waals surface area contributed by atoms with E-state index in [1.165, 1.54) is 12.8 Å². The molecular weight excluding hydrogens is 408 g/mol. The van der Waals surface area contributed by atoms with Crippen molar-refractivity contribution < 1.29 is 14.6 Å². The number of carbonyl (C=O) groups excluding carboxylic acids is 1. The van der Waals surface area contributed by atoms with Crippen LogP contribution in [0, 0.1) is 39.4 Å². The second kappa shape index (κ2) is 7.06. The molecule has 33 heavy (non-hydrogen) atoms. The molecule has 3 fully saturated rings. The standard InChI is InChI=1S/C30H46O3/c1-18(17-22(31)25-27(4,5)33-25)19-11-15-30(8)21-9-10-23-26(2,3)24(32)13-14-28(23,6)20(21)12-16-29(19,30)7/h9,12,18-19,22-23,25,31H,10-11,13-17H2,1-8H3/t18-,19-,22-,23?,25+,28-,29+,30-/m1/s1. The number of Topliss-reactive ketones (excluding diaryl/α,β-unsaturated/α-hetero) is 1. The maximum Gasteiger partial charge on any atom is 0.138 e. The van der Waals surface area contributed by atoms with Crippen LogP contribution in [-0.2, 0) is 9.53 Å². The number of fused-ring (bicyclic) bond motifs is 5. The van der Waals surface area contributed by atoms with Gasteiger partial charge in [-0.3, -0.25) is 4.79 Å². The highest BCUT2D eigenvalue weighted by molar-refractivity contribution is 5.86. The molecule has 0 amide bonds. The Hall–Kier alpha value is -0.930. The van der Waals surface area contributed by atoms with Crippen LogP contribution in [0.2, 0.25) is 0 Å². The Labute approximate surface area is 201 Å². The van der Waals surface area contributed by atoms with E-state index in [4.69, 9.17) is 4.74 Å². The van der Waals surface area contributed by atoms with Crippen molar-refractivity contribution in [1.82, 2.24) is 0 Å². The molecule has 0 aromatic heterocycles. The van der Waals surface area contributed by atoms with E-state index >= 15 is 0 Å². The van der Waals surface area contributed by atoms with E-state index in [1.807, 2.05) is 0 Å². The Morgan fingerprint density at radius 2 is 1.73 bits per heavy atom. The number of ether oxygens (including phenoxy) is 1. The maximum absolute atomic E-state index is 12.8. The predicted molar refractivity (Wildman–Crippen MR) is 133 cm³/mol. The molecule has 3 nitrogen and oxygen atoms in total. The van der Waals surface area contributed by atoms with Crippen LogP contribution in [0.4, 0.5) is 0 Å². The number of carbonyl (C=O) groups is 1. The fourth-order valence-corrected chi connectivity index (χ4v) is 9.26. The van der Waals surface area contributed by atoms with E-state index < -0.39 is 0 Å². The molecule has 0 radical (unpaired) electrons. The summed E-state index contributed by atoms with van der Waals surface area (Å²) in [7, 11) is 0. The van der Waals surface area contributed by atoms with Gasteiger partial charge in [-0.15, -0.1) is 0 Å². The molecule has 0 bridgehead atoms. The van der Waals surface area contributed by atoms with Gasteiger partial charge in [0.2, 0.25) is 0 Å². The van der Waals surface area contributed by atoms with Gasteiger partial charge in [-0.25, -0.2) is 0 Å². The van der Waals surface area contributed by atoms with Crippen LogP contribution < -0.4 is 0 Å². The van der Waals surface area contributed by atoms with E-state index in [-0.39, 0.29) is 39.5 Å². The van der Waals surface area contributed by atoms with Gasteiger partial charge in [0.1, 0.15) is 11.9 Å². The van der Waals surface area contributed by atoms with Gasteiger partial charge in [0.25, 0.3) is 0 Å². The van der Waals surface area contributed by atoms with Crippen LogP contribution in [0.25, 0.3) is 0 Å². The minimum atomic E-state index is -0.365. The van der Waals surface area contributed by atoms with Crippen LogP contribution in [0.1, 0.15) is 100 Å². The first-order valence-electron chi connectivity index (χ1n) is 13.5. The van der Waals surface area contributed by atoms with Crippen LogP contribution in [0.5, 0.6) is 0 Å². The Morgan fingerprint density at radius 3 is 2.36 bits per heavy atom. The summed E-state index contributed by atoms with van der Waals surface area (Å²) >= 11 is 0. The molecule has 1 saturated heterocycles. The number of rotatable bonds is 4. The van der Waals surface area contributed by atoms with Gasteiger partial charge in [0.15, 0.2) is 0 Å². The molecule has 184 valence electrons. The number of aliphatic hydroxyl groups excluding tert-OH is 1. The summed E-state index contributed by atoms with van der Waals surface area (Å²) in [4.78, 5) is 12.8. The summed E-state index contributed by atoms with van der Waals surface area (Å²) in [6.45, 7) is 18.4. The van der Waals surface area contributed by atoms with Gasteiger partial charge in [0.05, 0.1) is 11.7 Å². The second-order valence-corrected chi connectivity index (χ2v) is 14.1. The molecule has 1 aliphatic heterocycles. The lowest BCUT2D eigenvalue weighted by molar-refractivity contribution is -0.138. The highest BCUT2D eigenvalue weighted by atomic mass is 16.6. The zero-order valence-electron chi connectivity index (χ0n) is 22.3. The maximum atomic E-state index is 12.8. The van der Waals surface area contributed by atoms with Crippen molar-refractivity contribution in [2.45, 2.75) is 118 Å². The van der Waals surface area contributed by atoms with Crippen LogP contribution >= 0.6 is 0 Å². The van der Waals surface area contributed by atoms with Crippen LogP contribution in [0.3, 0.4) is 0 Å². The lowest BCUT2D eigenvalue weighted by atomic mass is 9.44. The normalized spacial score (nSPS) is 46.9. The van der Waals surface area contributed by atoms with Crippen LogP contribution in [-0.4, -0.2) is 28.7 Å². The molecule has 4 aliphatic carbocycles. The van der Waals surface area contributed by atoms with E-state index in [1.54, 1.807) is 11.1 Å². The van der Waals surface area contributed by atoms with Gasteiger partial charge in [0, 0.05) is 11.8 Å². The van der Waals surface area contributed by atoms with E-state index in [2.05, 4.69) is 67.5 Å². The summed E-state index contributed by atoms with van der Waals surface area (Å²) in [6, 6.07) is 0. The zero-order valence-corrected chi connectivity index (χ0v) is 22.3. The molecule has 1 N–H and O–H groups in total. The molecule has 8 atom stereocenters. The first-order chi connectivity index (χ1) is 15.2. The van der Waals surface area contributed by atoms with Crippen molar-refractivity contribution in [1.29, 1.82) is 0 Å². The molecular formula is C30H46O3. The Kier molecular flexibility index (Phi) is 5.09. The fourth-order valence-electron chi connectivity index (χ4n) is 9.26. The quantitative estimate of drug-likeness (QED) is 0.484. The summed E-state index contributed by atoms with van der Waals surface area (Å²) in [5.74, 6) is 1.93. The first-order valence-corrected chi connectivity index (χ1v) is 13.5. The second-order valence-electron chi connectivity index (χ2n) is 14.1. The van der Waals surface area contributed by atoms with Gasteiger partial charge in [-0.2, -0.15) is 0 Å². The van der Waals surface area contributed by atoms with E-state index in [9.17, 15) is 9.90 Å². The fraction of sp³-hybridized carbons (Fsp3) is 0.833. The first kappa shape index (κ1) is 23.8. The topological polar surface area (TPSA) is 49.8 Å². The van der Waals surface area contributed by atoms with Gasteiger partial charge >= 0.3 is 0 Å². The third-order valence-corrected chi connectivity index (χ3v) is 11.8. The minimum absolute atomic E-state index is 0.00583. The number of ketones is 1. The molecule has 1 heterocycles. The lowest BCUT2D eigenvalue weighted by Gasteiger charge is -2.59. The van der Waals surface area contributed by atoms with Crippen molar-refractivity contribution in [3.05, 3.63) is 23.3 Å². The highest BCUT2D eigenvalue weighted by Crippen LogP contribution is 2.71. The molecule has 1 unspecified atom stereocenters. The number of epoxide rings is 1. The molecule has 0 aromatic rings. The van der Waals surface area contributed by atoms with Crippen LogP contribution in [0.15, 0.2) is 23.3 Å². The summed E-state index contributed by atoms with van der Waals surface area (Å²) in [5.41, 5.74) is 3.27. The van der Waals surface area contributed by atoms with Crippen molar-refractivity contribution >= 4 is 5.78 Å². The van der Waals surface area contributed by atoms with Crippen molar-refractivity contribution in [2.75, 3.05) is 0 Å². The monoisotopic (exact) mass is 454 g/mol. The van der Waals surface area contributed by atoms with E-state index in [0.717, 1.165) is 32.1 Å².